The second-order valence-electron chi connectivity index (χ2n) is 8.68. The van der Waals surface area contributed by atoms with Gasteiger partial charge in [0.25, 0.3) is 0 Å². The zero-order valence-corrected chi connectivity index (χ0v) is 17.1. The van der Waals surface area contributed by atoms with Crippen LogP contribution in [0.4, 0.5) is 0 Å². The minimum absolute atomic E-state index is 0.304. The Kier molecular flexibility index (Phi) is 4.60. The molecule has 1 aliphatic carbocycles. The van der Waals surface area contributed by atoms with Crippen LogP contribution in [0.15, 0.2) is 66.7 Å². The lowest BCUT2D eigenvalue weighted by atomic mass is 9.66. The standard InChI is InChI=1S/C25H26O4/c1-23(2)24(3)16-17-25(23,29-21(24)26)22(27)28-20(19-12-8-5-9-13-19)15-14-18-10-6-4-7-11-18/h4-15,20H,16-17H2,1-3H3/b15-14-/t20-,24-,25+/m0/s1. The van der Waals surface area contributed by atoms with Gasteiger partial charge in [0.2, 0.25) is 5.60 Å². The number of carbonyl (C=O) groups excluding carboxylic acids is 2. The van der Waals surface area contributed by atoms with Crippen molar-refractivity contribution >= 4 is 18.0 Å². The molecule has 4 nitrogen and oxygen atoms in total. The monoisotopic (exact) mass is 390 g/mol. The highest BCUT2D eigenvalue weighted by molar-refractivity contribution is 5.93. The minimum Gasteiger partial charge on any atom is -0.450 e. The van der Waals surface area contributed by atoms with Crippen LogP contribution in [0.2, 0.25) is 0 Å². The first kappa shape index (κ1) is 19.4. The van der Waals surface area contributed by atoms with Crippen molar-refractivity contribution in [2.45, 2.75) is 45.3 Å². The van der Waals surface area contributed by atoms with E-state index in [9.17, 15) is 9.59 Å². The highest BCUT2D eigenvalue weighted by Gasteiger charge is 2.76. The summed E-state index contributed by atoms with van der Waals surface area (Å²) in [5.41, 5.74) is -0.630. The Hall–Kier alpha value is -2.88. The summed E-state index contributed by atoms with van der Waals surface area (Å²) in [6.07, 6.45) is 4.36. The van der Waals surface area contributed by atoms with Crippen LogP contribution in [-0.4, -0.2) is 17.5 Å². The van der Waals surface area contributed by atoms with Crippen LogP contribution in [0.25, 0.3) is 6.08 Å². The number of carbonyl (C=O) groups is 2. The predicted octanol–water partition coefficient (Wildman–Crippen LogP) is 5.11. The molecule has 2 aromatic rings. The van der Waals surface area contributed by atoms with Gasteiger partial charge in [-0.2, -0.15) is 0 Å². The van der Waals surface area contributed by atoms with E-state index in [0.29, 0.717) is 12.8 Å². The SMILES string of the molecule is CC1(C)[C@@]2(C)CC[C@]1(C(=O)O[C@@H](/C=C\c1ccccc1)c1ccccc1)OC2=O. The van der Waals surface area contributed by atoms with Crippen LogP contribution < -0.4 is 0 Å². The van der Waals surface area contributed by atoms with Crippen molar-refractivity contribution in [3.63, 3.8) is 0 Å². The smallest absolute Gasteiger partial charge is 0.352 e. The van der Waals surface area contributed by atoms with Crippen LogP contribution in [0.5, 0.6) is 0 Å². The summed E-state index contributed by atoms with van der Waals surface area (Å²) < 4.78 is 11.7. The van der Waals surface area contributed by atoms with Gasteiger partial charge in [-0.05, 0) is 37.0 Å². The highest BCUT2D eigenvalue weighted by atomic mass is 16.6. The Labute approximate surface area is 171 Å². The van der Waals surface area contributed by atoms with Crippen LogP contribution in [0.1, 0.15) is 50.8 Å². The predicted molar refractivity (Wildman–Crippen MR) is 111 cm³/mol. The molecule has 4 heteroatoms. The first-order chi connectivity index (χ1) is 13.8. The molecule has 2 bridgehead atoms. The van der Waals surface area contributed by atoms with Gasteiger partial charge in [-0.3, -0.25) is 4.79 Å². The fraction of sp³-hybridized carbons (Fsp3) is 0.360. The van der Waals surface area contributed by atoms with Gasteiger partial charge in [0.15, 0.2) is 0 Å². The molecule has 0 aromatic heterocycles. The Bertz CT molecular complexity index is 947. The first-order valence-electron chi connectivity index (χ1n) is 10.0. The van der Waals surface area contributed by atoms with E-state index in [2.05, 4.69) is 0 Å². The number of hydrogen-bond acceptors (Lipinski definition) is 4. The van der Waals surface area contributed by atoms with Crippen molar-refractivity contribution in [1.29, 1.82) is 0 Å². The number of hydrogen-bond donors (Lipinski definition) is 0. The second-order valence-corrected chi connectivity index (χ2v) is 8.68. The average molecular weight is 390 g/mol. The normalized spacial score (nSPS) is 28.3. The lowest BCUT2D eigenvalue weighted by molar-refractivity contribution is -0.185. The maximum atomic E-state index is 13.4. The zero-order chi connectivity index (χ0) is 20.7. The molecule has 0 unspecified atom stereocenters. The molecule has 2 aliphatic rings. The van der Waals surface area contributed by atoms with E-state index in [1.54, 1.807) is 0 Å². The zero-order valence-electron chi connectivity index (χ0n) is 17.1. The molecular formula is C25H26O4. The molecule has 1 aliphatic heterocycles. The van der Waals surface area contributed by atoms with Crippen molar-refractivity contribution in [1.82, 2.24) is 0 Å². The van der Waals surface area contributed by atoms with Gasteiger partial charge in [0.05, 0.1) is 5.41 Å². The summed E-state index contributed by atoms with van der Waals surface area (Å²) in [5.74, 6) is -0.773. The van der Waals surface area contributed by atoms with Gasteiger partial charge in [0.1, 0.15) is 6.10 Å². The second kappa shape index (κ2) is 6.87. The number of esters is 2. The molecule has 2 aromatic carbocycles. The number of benzene rings is 2. The average Bonchev–Trinajstić information content (AvgIpc) is 3.03. The molecule has 0 amide bonds. The molecule has 0 spiro atoms. The van der Waals surface area contributed by atoms with Crippen molar-refractivity contribution in [2.24, 2.45) is 10.8 Å². The Balaban J connectivity index is 1.64. The maximum absolute atomic E-state index is 13.4. The van der Waals surface area contributed by atoms with Gasteiger partial charge >= 0.3 is 11.9 Å². The molecule has 0 N–H and O–H groups in total. The van der Waals surface area contributed by atoms with Crippen LogP contribution in [0.3, 0.4) is 0 Å². The summed E-state index contributed by atoms with van der Waals surface area (Å²) >= 11 is 0. The first-order valence-corrected chi connectivity index (χ1v) is 10.0. The number of fused-ring (bicyclic) bond motifs is 2. The van der Waals surface area contributed by atoms with E-state index in [1.165, 1.54) is 0 Å². The molecule has 1 heterocycles. The molecule has 2 fully saturated rings. The maximum Gasteiger partial charge on any atom is 0.352 e. The molecule has 1 saturated carbocycles. The number of rotatable bonds is 5. The van der Waals surface area contributed by atoms with Crippen LogP contribution in [-0.2, 0) is 19.1 Å². The molecule has 29 heavy (non-hydrogen) atoms. The van der Waals surface area contributed by atoms with E-state index in [0.717, 1.165) is 11.1 Å². The third-order valence-electron chi connectivity index (χ3n) is 7.04. The molecule has 3 atom stereocenters. The van der Waals surface area contributed by atoms with Gasteiger partial charge in [-0.1, -0.05) is 80.6 Å². The van der Waals surface area contributed by atoms with Crippen molar-refractivity contribution in [3.8, 4) is 0 Å². The lowest BCUT2D eigenvalue weighted by Crippen LogP contribution is -2.49. The molecule has 150 valence electrons. The third kappa shape index (κ3) is 2.89. The molecule has 0 radical (unpaired) electrons. The van der Waals surface area contributed by atoms with E-state index in [4.69, 9.17) is 9.47 Å². The van der Waals surface area contributed by atoms with Crippen LogP contribution >= 0.6 is 0 Å². The van der Waals surface area contributed by atoms with Gasteiger partial charge in [-0.25, -0.2) is 4.79 Å². The van der Waals surface area contributed by atoms with E-state index in [-0.39, 0.29) is 5.97 Å². The third-order valence-corrected chi connectivity index (χ3v) is 7.04. The van der Waals surface area contributed by atoms with Crippen molar-refractivity contribution < 1.29 is 19.1 Å². The summed E-state index contributed by atoms with van der Waals surface area (Å²) in [6, 6.07) is 19.5. The Morgan fingerprint density at radius 3 is 2.17 bits per heavy atom. The van der Waals surface area contributed by atoms with Gasteiger partial charge in [-0.15, -0.1) is 0 Å². The molecule has 4 rings (SSSR count). The minimum atomic E-state index is -1.23. The topological polar surface area (TPSA) is 52.6 Å². The Morgan fingerprint density at radius 2 is 1.62 bits per heavy atom. The van der Waals surface area contributed by atoms with E-state index >= 15 is 0 Å². The quantitative estimate of drug-likeness (QED) is 0.666. The van der Waals surface area contributed by atoms with Crippen molar-refractivity contribution in [3.05, 3.63) is 77.9 Å². The van der Waals surface area contributed by atoms with Crippen LogP contribution in [0, 0.1) is 10.8 Å². The summed E-state index contributed by atoms with van der Waals surface area (Å²) in [7, 11) is 0. The highest BCUT2D eigenvalue weighted by Crippen LogP contribution is 2.66. The largest absolute Gasteiger partial charge is 0.450 e. The van der Waals surface area contributed by atoms with Gasteiger partial charge in [0, 0.05) is 5.41 Å². The number of ether oxygens (including phenoxy) is 2. The molecular weight excluding hydrogens is 364 g/mol. The lowest BCUT2D eigenvalue weighted by Gasteiger charge is -2.35. The molecule has 1 saturated heterocycles. The van der Waals surface area contributed by atoms with Gasteiger partial charge < -0.3 is 9.47 Å². The summed E-state index contributed by atoms with van der Waals surface area (Å²) in [5, 5.41) is 0. The van der Waals surface area contributed by atoms with E-state index in [1.807, 2.05) is 93.6 Å². The summed E-state index contributed by atoms with van der Waals surface area (Å²) in [6.45, 7) is 5.76. The Morgan fingerprint density at radius 1 is 1.00 bits per heavy atom. The summed E-state index contributed by atoms with van der Waals surface area (Å²) in [4.78, 5) is 25.9. The fourth-order valence-corrected chi connectivity index (χ4v) is 4.54. The fourth-order valence-electron chi connectivity index (χ4n) is 4.54. The van der Waals surface area contributed by atoms with Crippen molar-refractivity contribution in [2.75, 3.05) is 0 Å². The van der Waals surface area contributed by atoms with E-state index < -0.39 is 28.5 Å².